The number of fused-ring (bicyclic) bond motifs is 2. The monoisotopic (exact) mass is 427 g/mol. The molecule has 1 aliphatic carbocycles. The Labute approximate surface area is 179 Å². The zero-order chi connectivity index (χ0) is 22.6. The third-order valence-corrected chi connectivity index (χ3v) is 5.25. The third-order valence-electron chi connectivity index (χ3n) is 5.25. The van der Waals surface area contributed by atoms with Crippen LogP contribution in [0.3, 0.4) is 0 Å². The van der Waals surface area contributed by atoms with Crippen LogP contribution in [0.5, 0.6) is 5.75 Å². The van der Waals surface area contributed by atoms with Crippen LogP contribution in [0.1, 0.15) is 10.4 Å². The number of carbonyl (C=O) groups excluding carboxylic acids is 2. The highest BCUT2D eigenvalue weighted by atomic mass is 16.4. The molecule has 156 valence electrons. The van der Waals surface area contributed by atoms with Gasteiger partial charge in [0.15, 0.2) is 5.43 Å². The molecule has 0 bridgehead atoms. The number of carboxylic acids is 1. The number of carbonyl (C=O) groups is 3. The summed E-state index contributed by atoms with van der Waals surface area (Å²) in [7, 11) is 0. The van der Waals surface area contributed by atoms with Crippen LogP contribution in [0.25, 0.3) is 33.4 Å². The smallest absolute Gasteiger partial charge is 0.336 e. The van der Waals surface area contributed by atoms with Gasteiger partial charge in [-0.3, -0.25) is 14.4 Å². The van der Waals surface area contributed by atoms with Gasteiger partial charge in [0.25, 0.3) is 11.8 Å². The molecule has 8 heteroatoms. The second kappa shape index (κ2) is 6.92. The maximum Gasteiger partial charge on any atom is 0.336 e. The van der Waals surface area contributed by atoms with Crippen molar-refractivity contribution in [3.63, 3.8) is 0 Å². The Hall–Kier alpha value is -4.72. The van der Waals surface area contributed by atoms with Gasteiger partial charge in [-0.15, -0.1) is 0 Å². The Balaban J connectivity index is 1.83. The molecule has 0 fully saturated rings. The fourth-order valence-corrected chi connectivity index (χ4v) is 3.87. The van der Waals surface area contributed by atoms with E-state index >= 15 is 0 Å². The second-order valence-electron chi connectivity index (χ2n) is 7.20. The topological polar surface area (TPSA) is 125 Å². The van der Waals surface area contributed by atoms with E-state index in [0.29, 0.717) is 22.1 Å². The molecule has 0 spiro atoms. The number of hydrogen-bond acceptors (Lipinski definition) is 6. The summed E-state index contributed by atoms with van der Waals surface area (Å²) >= 11 is 0. The molecule has 2 aliphatic heterocycles. The molecule has 0 aromatic heterocycles. The standard InChI is InChI=1S/C24H13NO7/c26-13-2-5-16-19(10-13)32-20-11-14(27)3-6-17(20)23(16)15-4-1-12(9-18(15)24(30)31)25-21(28)7-8-22(25)29/h1-11,26H,(H,30,31). The molecule has 0 saturated carbocycles. The predicted molar refractivity (Wildman–Crippen MR) is 115 cm³/mol. The van der Waals surface area contributed by atoms with Gasteiger partial charge in [-0.2, -0.15) is 0 Å². The van der Waals surface area contributed by atoms with E-state index in [1.54, 1.807) is 12.1 Å². The van der Waals surface area contributed by atoms with E-state index in [4.69, 9.17) is 4.42 Å². The molecule has 2 N–H and O–H groups in total. The molecular weight excluding hydrogens is 414 g/mol. The van der Waals surface area contributed by atoms with E-state index in [1.807, 2.05) is 0 Å². The van der Waals surface area contributed by atoms with Crippen molar-refractivity contribution >= 4 is 34.4 Å². The molecule has 2 amide bonds. The van der Waals surface area contributed by atoms with E-state index in [1.165, 1.54) is 42.5 Å². The Morgan fingerprint density at radius 3 is 2.28 bits per heavy atom. The number of phenolic OH excluding ortho intramolecular Hbond substituents is 1. The summed E-state index contributed by atoms with van der Waals surface area (Å²) in [6.45, 7) is 0. The molecule has 3 aliphatic rings. The number of carboxylic acid groups (broad SMARTS) is 1. The lowest BCUT2D eigenvalue weighted by Crippen LogP contribution is -2.29. The summed E-state index contributed by atoms with van der Waals surface area (Å²) in [5.41, 5.74) is 1.20. The number of anilines is 1. The normalized spacial score (nSPS) is 13.4. The highest BCUT2D eigenvalue weighted by molar-refractivity contribution is 6.28. The van der Waals surface area contributed by atoms with Gasteiger partial charge >= 0.3 is 5.97 Å². The van der Waals surface area contributed by atoms with Gasteiger partial charge in [0.05, 0.1) is 11.3 Å². The van der Waals surface area contributed by atoms with Gasteiger partial charge in [0.2, 0.25) is 0 Å². The van der Waals surface area contributed by atoms with Crippen molar-refractivity contribution < 1.29 is 29.0 Å². The number of imide groups is 1. The number of phenols is 1. The molecule has 2 heterocycles. The van der Waals surface area contributed by atoms with Crippen molar-refractivity contribution in [2.24, 2.45) is 0 Å². The lowest BCUT2D eigenvalue weighted by Gasteiger charge is -2.19. The number of aromatic carboxylic acids is 1. The number of rotatable bonds is 3. The van der Waals surface area contributed by atoms with Crippen molar-refractivity contribution in [1.29, 1.82) is 0 Å². The van der Waals surface area contributed by atoms with Crippen LogP contribution in [0, 0.1) is 0 Å². The summed E-state index contributed by atoms with van der Waals surface area (Å²) in [4.78, 5) is 49.0. The fourth-order valence-electron chi connectivity index (χ4n) is 3.87. The van der Waals surface area contributed by atoms with E-state index in [9.17, 15) is 29.4 Å². The Kier molecular flexibility index (Phi) is 4.16. The Morgan fingerprint density at radius 1 is 0.844 bits per heavy atom. The maximum absolute atomic E-state index is 12.2. The quantitative estimate of drug-likeness (QED) is 0.379. The van der Waals surface area contributed by atoms with Crippen LogP contribution in [0.15, 0.2) is 76.0 Å². The summed E-state index contributed by atoms with van der Waals surface area (Å²) in [6.07, 6.45) is 2.23. The van der Waals surface area contributed by atoms with Crippen molar-refractivity contribution in [2.75, 3.05) is 4.90 Å². The van der Waals surface area contributed by atoms with E-state index < -0.39 is 17.8 Å². The minimum absolute atomic E-state index is 0.0582. The summed E-state index contributed by atoms with van der Waals surface area (Å²) in [5, 5.41) is 20.3. The highest BCUT2D eigenvalue weighted by Gasteiger charge is 2.28. The first-order valence-corrected chi connectivity index (χ1v) is 9.47. The maximum atomic E-state index is 12.2. The third kappa shape index (κ3) is 2.93. The number of hydrogen-bond donors (Lipinski definition) is 2. The van der Waals surface area contributed by atoms with Crippen LogP contribution >= 0.6 is 0 Å². The van der Waals surface area contributed by atoms with E-state index in [0.717, 1.165) is 17.1 Å². The molecular formula is C24H13NO7. The lowest BCUT2D eigenvalue weighted by molar-refractivity contribution is -0.120. The Morgan fingerprint density at radius 2 is 1.56 bits per heavy atom. The van der Waals surface area contributed by atoms with E-state index in [-0.39, 0.29) is 33.8 Å². The SMILES string of the molecule is O=C(O)c1cc(N2C(=O)C=CC2=O)ccc1-c1c2ccc(=O)cc-2oc2cc(O)ccc12. The second-order valence-corrected chi connectivity index (χ2v) is 7.20. The molecule has 2 aromatic carbocycles. The van der Waals surface area contributed by atoms with Crippen LogP contribution in [0.2, 0.25) is 0 Å². The molecule has 0 atom stereocenters. The van der Waals surface area contributed by atoms with Crippen molar-refractivity contribution in [3.05, 3.63) is 82.5 Å². The van der Waals surface area contributed by atoms with Gasteiger partial charge in [-0.25, -0.2) is 9.69 Å². The van der Waals surface area contributed by atoms with Gasteiger partial charge < -0.3 is 14.6 Å². The van der Waals surface area contributed by atoms with Gasteiger partial charge in [0.1, 0.15) is 17.1 Å². The van der Waals surface area contributed by atoms with Gasteiger partial charge in [0, 0.05) is 40.8 Å². The van der Waals surface area contributed by atoms with Crippen molar-refractivity contribution in [2.45, 2.75) is 0 Å². The van der Waals surface area contributed by atoms with Crippen molar-refractivity contribution in [1.82, 2.24) is 0 Å². The minimum Gasteiger partial charge on any atom is -0.508 e. The molecule has 5 rings (SSSR count). The van der Waals surface area contributed by atoms with Crippen LogP contribution in [0.4, 0.5) is 5.69 Å². The Bertz CT molecular complexity index is 1510. The van der Waals surface area contributed by atoms with Gasteiger partial charge in [-0.05, 0) is 42.0 Å². The fraction of sp³-hybridized carbons (Fsp3) is 0. The molecule has 32 heavy (non-hydrogen) atoms. The largest absolute Gasteiger partial charge is 0.508 e. The van der Waals surface area contributed by atoms with Gasteiger partial charge in [-0.1, -0.05) is 6.07 Å². The molecule has 2 aromatic rings. The first-order chi connectivity index (χ1) is 15.3. The highest BCUT2D eigenvalue weighted by Crippen LogP contribution is 2.42. The minimum atomic E-state index is -1.27. The average molecular weight is 427 g/mol. The zero-order valence-electron chi connectivity index (χ0n) is 16.2. The van der Waals surface area contributed by atoms with Crippen LogP contribution in [-0.2, 0) is 9.59 Å². The van der Waals surface area contributed by atoms with Crippen LogP contribution < -0.4 is 10.3 Å². The summed E-state index contributed by atoms with van der Waals surface area (Å²) < 4.78 is 5.79. The van der Waals surface area contributed by atoms with Crippen LogP contribution in [-0.4, -0.2) is 28.0 Å². The molecule has 8 nitrogen and oxygen atoms in total. The molecule has 0 radical (unpaired) electrons. The molecule has 0 saturated heterocycles. The summed E-state index contributed by atoms with van der Waals surface area (Å²) in [6, 6.07) is 12.8. The average Bonchev–Trinajstić information content (AvgIpc) is 3.09. The first kappa shape index (κ1) is 19.3. The van der Waals surface area contributed by atoms with Crippen molar-refractivity contribution in [3.8, 4) is 28.2 Å². The number of nitrogens with zero attached hydrogens (tertiary/aromatic N) is 1. The zero-order valence-corrected chi connectivity index (χ0v) is 16.2. The van der Waals surface area contributed by atoms with E-state index in [2.05, 4.69) is 0 Å². The predicted octanol–water partition coefficient (Wildman–Crippen LogP) is 3.40. The lowest BCUT2D eigenvalue weighted by atomic mass is 9.90. The number of benzene rings is 3. The number of aromatic hydroxyl groups is 1. The number of amides is 2. The molecule has 0 unspecified atom stereocenters. The summed E-state index contributed by atoms with van der Waals surface area (Å²) in [5.74, 6) is -2.23. The first-order valence-electron chi connectivity index (χ1n) is 9.47.